The van der Waals surface area contributed by atoms with Gasteiger partial charge in [0.2, 0.25) is 11.8 Å². The third-order valence-electron chi connectivity index (χ3n) is 6.30. The van der Waals surface area contributed by atoms with E-state index in [0.717, 1.165) is 11.0 Å². The van der Waals surface area contributed by atoms with Crippen LogP contribution in [0.4, 0.5) is 23.2 Å². The van der Waals surface area contributed by atoms with E-state index in [1.807, 2.05) is 0 Å². The Morgan fingerprint density at radius 2 is 1.56 bits per heavy atom. The van der Waals surface area contributed by atoms with Gasteiger partial charge in [-0.3, -0.25) is 13.9 Å². The Hall–Kier alpha value is -3.64. The molecule has 0 aliphatic heterocycles. The van der Waals surface area contributed by atoms with E-state index in [9.17, 15) is 35.6 Å². The van der Waals surface area contributed by atoms with Crippen molar-refractivity contribution in [3.05, 3.63) is 94.8 Å². The number of carbonyl (C=O) groups is 2. The highest BCUT2D eigenvalue weighted by atomic mass is 35.5. The highest BCUT2D eigenvalue weighted by Gasteiger charge is 2.37. The zero-order chi connectivity index (χ0) is 32.2. The van der Waals surface area contributed by atoms with Gasteiger partial charge in [0.05, 0.1) is 21.2 Å². The molecule has 0 radical (unpaired) electrons. The number of hydrogen-bond donors (Lipinski definition) is 1. The Kier molecular flexibility index (Phi) is 10.5. The number of nitrogens with zero attached hydrogens (tertiary/aromatic N) is 2. The lowest BCUT2D eigenvalue weighted by atomic mass is 10.1. The van der Waals surface area contributed by atoms with Crippen molar-refractivity contribution in [3.8, 4) is 0 Å². The monoisotopic (exact) mass is 641 g/mol. The number of nitrogens with one attached hydrogen (secondary N) is 1. The fourth-order valence-corrected chi connectivity index (χ4v) is 5.99. The number of amides is 2. The van der Waals surface area contributed by atoms with Gasteiger partial charge >= 0.3 is 6.18 Å². The fourth-order valence-electron chi connectivity index (χ4n) is 4.27. The fraction of sp³-hybridized carbons (Fsp3) is 0.333. The predicted octanol–water partition coefficient (Wildman–Crippen LogP) is 6.42. The summed E-state index contributed by atoms with van der Waals surface area (Å²) in [5.74, 6) is -1.95. The van der Waals surface area contributed by atoms with Crippen molar-refractivity contribution in [2.75, 3.05) is 10.8 Å². The number of halogens is 5. The smallest absolute Gasteiger partial charge is 0.350 e. The van der Waals surface area contributed by atoms with Crippen molar-refractivity contribution in [2.45, 2.75) is 63.3 Å². The maximum absolute atomic E-state index is 14.0. The first-order chi connectivity index (χ1) is 19.9. The summed E-state index contributed by atoms with van der Waals surface area (Å²) in [4.78, 5) is 28.2. The van der Waals surface area contributed by atoms with E-state index in [4.69, 9.17) is 11.6 Å². The molecule has 0 heterocycles. The van der Waals surface area contributed by atoms with Gasteiger partial charge in [0.25, 0.3) is 10.0 Å². The molecule has 3 aromatic carbocycles. The number of sulfonamides is 1. The number of carbonyl (C=O) groups excluding carboxylic acids is 2. The predicted molar refractivity (Wildman–Crippen MR) is 156 cm³/mol. The van der Waals surface area contributed by atoms with Crippen molar-refractivity contribution in [1.82, 2.24) is 10.2 Å². The second-order valence-corrected chi connectivity index (χ2v) is 13.1. The molecule has 0 saturated heterocycles. The number of benzene rings is 3. The molecule has 1 N–H and O–H groups in total. The Bertz CT molecular complexity index is 1540. The second-order valence-electron chi connectivity index (χ2n) is 10.8. The highest BCUT2D eigenvalue weighted by molar-refractivity contribution is 7.92. The molecule has 43 heavy (non-hydrogen) atoms. The van der Waals surface area contributed by atoms with Crippen LogP contribution in [0.2, 0.25) is 5.02 Å². The van der Waals surface area contributed by atoms with E-state index in [1.54, 1.807) is 33.8 Å². The minimum absolute atomic E-state index is 0.116. The minimum atomic E-state index is -4.83. The maximum atomic E-state index is 14.0. The molecule has 7 nitrogen and oxygen atoms in total. The average Bonchev–Trinajstić information content (AvgIpc) is 2.92. The normalized spacial score (nSPS) is 12.9. The number of hydrogen-bond acceptors (Lipinski definition) is 4. The zero-order valence-electron chi connectivity index (χ0n) is 24.0. The molecular weight excluding hydrogens is 610 g/mol. The Morgan fingerprint density at radius 1 is 0.953 bits per heavy atom. The maximum Gasteiger partial charge on any atom is 0.416 e. The lowest BCUT2D eigenvalue weighted by Crippen LogP contribution is -2.55. The molecule has 3 aromatic rings. The van der Waals surface area contributed by atoms with Crippen LogP contribution < -0.4 is 9.62 Å². The van der Waals surface area contributed by atoms with Crippen LogP contribution in [-0.2, 0) is 32.3 Å². The van der Waals surface area contributed by atoms with Gasteiger partial charge in [-0.1, -0.05) is 48.9 Å². The topological polar surface area (TPSA) is 86.8 Å². The first-order valence-electron chi connectivity index (χ1n) is 13.2. The van der Waals surface area contributed by atoms with Gasteiger partial charge in [-0.15, -0.1) is 0 Å². The van der Waals surface area contributed by atoms with E-state index in [0.29, 0.717) is 22.0 Å². The van der Waals surface area contributed by atoms with Crippen molar-refractivity contribution in [1.29, 1.82) is 0 Å². The summed E-state index contributed by atoms with van der Waals surface area (Å²) in [6.07, 6.45) is -4.72. The molecule has 0 saturated carbocycles. The Labute approximate surface area is 253 Å². The molecule has 1 atom stereocenters. The van der Waals surface area contributed by atoms with Crippen molar-refractivity contribution in [2.24, 2.45) is 0 Å². The van der Waals surface area contributed by atoms with Crippen LogP contribution in [-0.4, -0.2) is 43.3 Å². The molecule has 1 unspecified atom stereocenters. The van der Waals surface area contributed by atoms with Crippen LogP contribution >= 0.6 is 11.6 Å². The van der Waals surface area contributed by atoms with Crippen LogP contribution in [0.3, 0.4) is 0 Å². The zero-order valence-corrected chi connectivity index (χ0v) is 25.5. The molecule has 2 amide bonds. The van der Waals surface area contributed by atoms with Gasteiger partial charge in [-0.2, -0.15) is 13.2 Å². The van der Waals surface area contributed by atoms with Crippen LogP contribution in [0.5, 0.6) is 0 Å². The molecular formula is C30H32ClF4N3O4S. The van der Waals surface area contributed by atoms with Gasteiger partial charge in [-0.25, -0.2) is 12.8 Å². The average molecular weight is 642 g/mol. The van der Waals surface area contributed by atoms with Gasteiger partial charge < -0.3 is 10.2 Å². The molecule has 0 aliphatic rings. The van der Waals surface area contributed by atoms with Gasteiger partial charge in [0.1, 0.15) is 18.4 Å². The quantitative estimate of drug-likeness (QED) is 0.259. The third kappa shape index (κ3) is 8.70. The first kappa shape index (κ1) is 33.9. The van der Waals surface area contributed by atoms with Crippen LogP contribution in [0, 0.1) is 5.82 Å². The van der Waals surface area contributed by atoms with Gasteiger partial charge in [0, 0.05) is 12.1 Å². The van der Waals surface area contributed by atoms with E-state index >= 15 is 0 Å². The Morgan fingerprint density at radius 3 is 2.09 bits per heavy atom. The van der Waals surface area contributed by atoms with Crippen molar-refractivity contribution < 1.29 is 35.6 Å². The molecule has 0 aliphatic carbocycles. The summed E-state index contributed by atoms with van der Waals surface area (Å²) in [6.45, 7) is 5.68. The minimum Gasteiger partial charge on any atom is -0.350 e. The molecule has 0 aromatic heterocycles. The van der Waals surface area contributed by atoms with Crippen LogP contribution in [0.1, 0.15) is 45.2 Å². The largest absolute Gasteiger partial charge is 0.416 e. The summed E-state index contributed by atoms with van der Waals surface area (Å²) in [7, 11) is -4.64. The first-order valence-corrected chi connectivity index (χ1v) is 15.1. The highest BCUT2D eigenvalue weighted by Crippen LogP contribution is 2.37. The molecule has 3 rings (SSSR count). The number of alkyl halides is 3. The van der Waals surface area contributed by atoms with E-state index in [-0.39, 0.29) is 22.9 Å². The van der Waals surface area contributed by atoms with Gasteiger partial charge in [-0.05, 0) is 75.2 Å². The summed E-state index contributed by atoms with van der Waals surface area (Å²) in [5.41, 5.74) is -1.98. The lowest BCUT2D eigenvalue weighted by molar-refractivity contribution is -0.141. The van der Waals surface area contributed by atoms with E-state index < -0.39 is 63.2 Å². The molecule has 0 spiro atoms. The summed E-state index contributed by atoms with van der Waals surface area (Å²) in [5, 5.41) is 2.46. The summed E-state index contributed by atoms with van der Waals surface area (Å²) >= 11 is 6.26. The lowest BCUT2D eigenvalue weighted by Gasteiger charge is -2.35. The second kappa shape index (κ2) is 13.3. The summed E-state index contributed by atoms with van der Waals surface area (Å²) in [6, 6.07) is 13.1. The van der Waals surface area contributed by atoms with Crippen LogP contribution in [0.15, 0.2) is 77.7 Å². The molecule has 0 bridgehead atoms. The number of rotatable bonds is 10. The third-order valence-corrected chi connectivity index (χ3v) is 8.40. The molecule has 0 fully saturated rings. The number of anilines is 1. The van der Waals surface area contributed by atoms with Crippen molar-refractivity contribution in [3.63, 3.8) is 0 Å². The summed E-state index contributed by atoms with van der Waals surface area (Å²) < 4.78 is 82.8. The standard InChI is InChI=1S/C30H32ClF4N3O4S/c1-5-25(28(40)36-29(2,3)4)37(18-20-11-14-22(32)15-12-20)27(39)19-38(43(41,42)23-9-7-6-8-10-23)26-17-21(30(33,34)35)13-16-24(26)31/h6-17,25H,5,18-19H2,1-4H3,(H,36,40). The van der Waals surface area contributed by atoms with E-state index in [1.165, 1.54) is 48.5 Å². The van der Waals surface area contributed by atoms with E-state index in [2.05, 4.69) is 5.32 Å². The molecule has 232 valence electrons. The molecule has 13 heteroatoms. The van der Waals surface area contributed by atoms with Crippen LogP contribution in [0.25, 0.3) is 0 Å². The van der Waals surface area contributed by atoms with Gasteiger partial charge in [0.15, 0.2) is 0 Å². The Balaban J connectivity index is 2.16. The van der Waals surface area contributed by atoms with Crippen molar-refractivity contribution >= 4 is 39.1 Å². The SMILES string of the molecule is CCC(C(=O)NC(C)(C)C)N(Cc1ccc(F)cc1)C(=O)CN(c1cc(C(F)(F)F)ccc1Cl)S(=O)(=O)c1ccccc1.